The lowest BCUT2D eigenvalue weighted by Crippen LogP contribution is -2.43. The smallest absolute Gasteiger partial charge is 0.105 e. The Balaban J connectivity index is 3.80. The first kappa shape index (κ1) is 15.4. The molecule has 1 atom stereocenters. The van der Waals surface area contributed by atoms with Crippen LogP contribution in [0.15, 0.2) is 0 Å². The van der Waals surface area contributed by atoms with Crippen LogP contribution in [-0.2, 0) is 4.74 Å². The minimum absolute atomic E-state index is 0.399. The summed E-state index contributed by atoms with van der Waals surface area (Å²) in [5, 5.41) is 12.3. The minimum Gasteiger partial charge on any atom is -0.385 e. The molecule has 1 N–H and O–H groups in total. The van der Waals surface area contributed by atoms with Gasteiger partial charge in [-0.3, -0.25) is 5.32 Å². The molecule has 0 spiro atoms. The molecule has 1 unspecified atom stereocenters. The average Bonchev–Trinajstić information content (AvgIpc) is 2.27. The zero-order valence-corrected chi connectivity index (χ0v) is 11.0. The number of methoxy groups -OCH3 is 1. The van der Waals surface area contributed by atoms with Gasteiger partial charge in [0.15, 0.2) is 0 Å². The highest BCUT2D eigenvalue weighted by Gasteiger charge is 2.22. The van der Waals surface area contributed by atoms with Gasteiger partial charge in [0.2, 0.25) is 0 Å². The van der Waals surface area contributed by atoms with Crippen molar-refractivity contribution in [1.29, 1.82) is 5.26 Å². The molecule has 0 aromatic rings. The molecular weight excluding hydrogens is 202 g/mol. The summed E-state index contributed by atoms with van der Waals surface area (Å²) in [7, 11) is 3.80. The fraction of sp³-hybridized carbons (Fsp3) is 0.917. The largest absolute Gasteiger partial charge is 0.385 e. The van der Waals surface area contributed by atoms with E-state index in [4.69, 9.17) is 10.00 Å². The number of rotatable bonds is 9. The lowest BCUT2D eigenvalue weighted by molar-refractivity contribution is 0.177. The van der Waals surface area contributed by atoms with E-state index >= 15 is 0 Å². The van der Waals surface area contributed by atoms with Crippen molar-refractivity contribution in [3.63, 3.8) is 0 Å². The third-order valence-corrected chi connectivity index (χ3v) is 2.70. The number of nitrogens with one attached hydrogen (secondary N) is 1. The van der Waals surface area contributed by atoms with Gasteiger partial charge in [0, 0.05) is 26.8 Å². The Labute approximate surface area is 99.6 Å². The van der Waals surface area contributed by atoms with E-state index in [-0.39, 0.29) is 0 Å². The monoisotopic (exact) mass is 227 g/mol. The van der Waals surface area contributed by atoms with Crippen LogP contribution in [0.4, 0.5) is 0 Å². The molecule has 0 heterocycles. The molecule has 0 aliphatic rings. The maximum absolute atomic E-state index is 9.09. The Morgan fingerprint density at radius 1 is 1.44 bits per heavy atom. The van der Waals surface area contributed by atoms with E-state index < -0.39 is 5.54 Å². The summed E-state index contributed by atoms with van der Waals surface area (Å²) in [6, 6.07) is 2.34. The van der Waals surface area contributed by atoms with Gasteiger partial charge in [-0.25, -0.2) is 0 Å². The number of hydrogen-bond donors (Lipinski definition) is 1. The molecule has 0 aromatic carbocycles. The molecule has 0 aliphatic heterocycles. The Morgan fingerprint density at radius 3 is 2.62 bits per heavy atom. The molecule has 0 radical (unpaired) electrons. The normalized spacial score (nSPS) is 14.8. The van der Waals surface area contributed by atoms with Crippen LogP contribution in [0.3, 0.4) is 0 Å². The van der Waals surface area contributed by atoms with E-state index in [1.54, 1.807) is 7.11 Å². The van der Waals surface area contributed by atoms with Crippen molar-refractivity contribution >= 4 is 0 Å². The Bertz CT molecular complexity index is 215. The molecule has 0 aromatic heterocycles. The van der Waals surface area contributed by atoms with Crippen LogP contribution >= 0.6 is 0 Å². The van der Waals surface area contributed by atoms with Crippen LogP contribution in [-0.4, -0.2) is 50.8 Å². The fourth-order valence-electron chi connectivity index (χ4n) is 1.58. The summed E-state index contributed by atoms with van der Waals surface area (Å²) in [6.45, 7) is 7.56. The molecule has 0 saturated carbocycles. The third-order valence-electron chi connectivity index (χ3n) is 2.70. The van der Waals surface area contributed by atoms with Gasteiger partial charge < -0.3 is 9.64 Å². The molecule has 0 saturated heterocycles. The quantitative estimate of drug-likeness (QED) is 0.602. The van der Waals surface area contributed by atoms with Crippen LogP contribution in [0.1, 0.15) is 26.7 Å². The predicted octanol–water partition coefficient (Wildman–Crippen LogP) is 1.24. The van der Waals surface area contributed by atoms with Gasteiger partial charge >= 0.3 is 0 Å². The summed E-state index contributed by atoms with van der Waals surface area (Å²) < 4.78 is 5.01. The van der Waals surface area contributed by atoms with E-state index in [0.717, 1.165) is 39.1 Å². The number of ether oxygens (including phenoxy) is 1. The SMILES string of the molecule is CCNC(C)(C#N)CCN(C)CCCOC. The number of hydrogen-bond acceptors (Lipinski definition) is 4. The first-order valence-corrected chi connectivity index (χ1v) is 5.91. The predicted molar refractivity (Wildman–Crippen MR) is 66.3 cm³/mol. The Kier molecular flexibility index (Phi) is 8.18. The maximum atomic E-state index is 9.09. The van der Waals surface area contributed by atoms with E-state index in [9.17, 15) is 0 Å². The van der Waals surface area contributed by atoms with Crippen molar-refractivity contribution < 1.29 is 4.74 Å². The molecular formula is C12H25N3O. The molecule has 4 nitrogen and oxygen atoms in total. The van der Waals surface area contributed by atoms with Crippen LogP contribution in [0, 0.1) is 11.3 Å². The second-order valence-corrected chi connectivity index (χ2v) is 4.37. The van der Waals surface area contributed by atoms with Gasteiger partial charge in [0.1, 0.15) is 5.54 Å². The lowest BCUT2D eigenvalue weighted by atomic mass is 9.99. The standard InChI is InChI=1S/C12H25N3O/c1-5-14-12(2,11-13)7-9-15(3)8-6-10-16-4/h14H,5-10H2,1-4H3. The van der Waals surface area contributed by atoms with Crippen molar-refractivity contribution in [2.24, 2.45) is 0 Å². The molecule has 16 heavy (non-hydrogen) atoms. The molecule has 94 valence electrons. The summed E-state index contributed by atoms with van der Waals surface area (Å²) >= 11 is 0. The van der Waals surface area contributed by atoms with Crippen LogP contribution in [0.5, 0.6) is 0 Å². The Morgan fingerprint density at radius 2 is 2.12 bits per heavy atom. The van der Waals surface area contributed by atoms with E-state index in [1.807, 2.05) is 13.8 Å². The topological polar surface area (TPSA) is 48.3 Å². The average molecular weight is 227 g/mol. The first-order chi connectivity index (χ1) is 7.58. The van der Waals surface area contributed by atoms with Crippen molar-refractivity contribution in [2.45, 2.75) is 32.2 Å². The van der Waals surface area contributed by atoms with E-state index in [1.165, 1.54) is 0 Å². The highest BCUT2D eigenvalue weighted by Crippen LogP contribution is 2.08. The molecule has 0 aliphatic carbocycles. The fourth-order valence-corrected chi connectivity index (χ4v) is 1.58. The number of nitrogens with zero attached hydrogens (tertiary/aromatic N) is 2. The van der Waals surface area contributed by atoms with Crippen molar-refractivity contribution in [3.05, 3.63) is 0 Å². The molecule has 0 fully saturated rings. The minimum atomic E-state index is -0.399. The number of nitriles is 1. The summed E-state index contributed by atoms with van der Waals surface area (Å²) in [6.07, 6.45) is 1.89. The van der Waals surface area contributed by atoms with Crippen LogP contribution in [0.2, 0.25) is 0 Å². The molecule has 4 heteroatoms. The van der Waals surface area contributed by atoms with Crippen molar-refractivity contribution in [2.75, 3.05) is 40.4 Å². The second-order valence-electron chi connectivity index (χ2n) is 4.37. The van der Waals surface area contributed by atoms with E-state index in [2.05, 4.69) is 23.3 Å². The zero-order valence-electron chi connectivity index (χ0n) is 11.0. The Hall–Kier alpha value is -0.630. The molecule has 0 rings (SSSR count). The summed E-state index contributed by atoms with van der Waals surface area (Å²) in [5.41, 5.74) is -0.399. The highest BCUT2D eigenvalue weighted by atomic mass is 16.5. The van der Waals surface area contributed by atoms with Gasteiger partial charge in [0.05, 0.1) is 6.07 Å². The van der Waals surface area contributed by atoms with Gasteiger partial charge in [0.25, 0.3) is 0 Å². The van der Waals surface area contributed by atoms with Gasteiger partial charge in [-0.05, 0) is 33.4 Å². The highest BCUT2D eigenvalue weighted by molar-refractivity contribution is 5.03. The second kappa shape index (κ2) is 8.51. The van der Waals surface area contributed by atoms with Crippen LogP contribution < -0.4 is 5.32 Å². The van der Waals surface area contributed by atoms with Gasteiger partial charge in [-0.2, -0.15) is 5.26 Å². The third kappa shape index (κ3) is 6.78. The zero-order chi connectivity index (χ0) is 12.4. The maximum Gasteiger partial charge on any atom is 0.105 e. The van der Waals surface area contributed by atoms with E-state index in [0.29, 0.717) is 0 Å². The summed E-state index contributed by atoms with van der Waals surface area (Å²) in [4.78, 5) is 2.24. The van der Waals surface area contributed by atoms with Crippen molar-refractivity contribution in [1.82, 2.24) is 10.2 Å². The van der Waals surface area contributed by atoms with Crippen molar-refractivity contribution in [3.8, 4) is 6.07 Å². The first-order valence-electron chi connectivity index (χ1n) is 5.91. The molecule has 0 bridgehead atoms. The molecule has 0 amide bonds. The van der Waals surface area contributed by atoms with Gasteiger partial charge in [-0.1, -0.05) is 6.92 Å². The van der Waals surface area contributed by atoms with Crippen LogP contribution in [0.25, 0.3) is 0 Å². The van der Waals surface area contributed by atoms with Gasteiger partial charge in [-0.15, -0.1) is 0 Å². The lowest BCUT2D eigenvalue weighted by Gasteiger charge is -2.25. The summed E-state index contributed by atoms with van der Waals surface area (Å²) in [5.74, 6) is 0.